The highest BCUT2D eigenvalue weighted by atomic mass is 32.2. The van der Waals surface area contributed by atoms with E-state index >= 15 is 0 Å². The van der Waals surface area contributed by atoms with E-state index < -0.39 is 0 Å². The number of nitrogens with zero attached hydrogens (tertiary/aromatic N) is 1. The van der Waals surface area contributed by atoms with E-state index in [2.05, 4.69) is 11.9 Å². The summed E-state index contributed by atoms with van der Waals surface area (Å²) in [5, 5.41) is 0.226. The highest BCUT2D eigenvalue weighted by molar-refractivity contribution is 8.00. The maximum atomic E-state index is 10.3. The van der Waals surface area contributed by atoms with Gasteiger partial charge < -0.3 is 9.69 Å². The first-order valence-corrected chi connectivity index (χ1v) is 4.13. The molecule has 0 aromatic rings. The van der Waals surface area contributed by atoms with Gasteiger partial charge in [-0.1, -0.05) is 0 Å². The molecule has 1 saturated heterocycles. The quantitative estimate of drug-likeness (QED) is 0.493. The van der Waals surface area contributed by atoms with E-state index in [1.54, 1.807) is 11.8 Å². The molecule has 0 radical (unpaired) electrons. The molecule has 1 atom stereocenters. The van der Waals surface area contributed by atoms with Crippen LogP contribution in [-0.2, 0) is 4.79 Å². The molecular formula is C6H11NOS. The Morgan fingerprint density at radius 2 is 2.56 bits per heavy atom. The first kappa shape index (κ1) is 7.09. The summed E-state index contributed by atoms with van der Waals surface area (Å²) in [6, 6.07) is 0. The molecule has 1 heterocycles. The van der Waals surface area contributed by atoms with E-state index in [4.69, 9.17) is 0 Å². The molecule has 0 N–H and O–H groups in total. The van der Waals surface area contributed by atoms with Gasteiger partial charge in [0.2, 0.25) is 0 Å². The van der Waals surface area contributed by atoms with Crippen LogP contribution in [0.15, 0.2) is 0 Å². The van der Waals surface area contributed by atoms with Crippen LogP contribution in [0.2, 0.25) is 0 Å². The summed E-state index contributed by atoms with van der Waals surface area (Å²) in [4.78, 5) is 12.4. The summed E-state index contributed by atoms with van der Waals surface area (Å²) in [7, 11) is 2.05. The summed E-state index contributed by atoms with van der Waals surface area (Å²) in [5.74, 6) is 1.10. The van der Waals surface area contributed by atoms with Crippen LogP contribution in [0.4, 0.5) is 0 Å². The molecular weight excluding hydrogens is 134 g/mol. The van der Waals surface area contributed by atoms with E-state index in [0.29, 0.717) is 0 Å². The molecule has 0 aliphatic carbocycles. The third kappa shape index (κ3) is 1.99. The Bertz CT molecular complexity index is 107. The second-order valence-corrected chi connectivity index (χ2v) is 3.65. The molecule has 1 rings (SSSR count). The SMILES string of the molecule is CN1CCSC(C=O)C1. The van der Waals surface area contributed by atoms with Gasteiger partial charge in [0.1, 0.15) is 6.29 Å². The average molecular weight is 145 g/mol. The van der Waals surface area contributed by atoms with Crippen LogP contribution in [0.5, 0.6) is 0 Å². The van der Waals surface area contributed by atoms with Crippen LogP contribution in [0.1, 0.15) is 0 Å². The zero-order valence-corrected chi connectivity index (χ0v) is 6.36. The number of aldehydes is 1. The minimum absolute atomic E-state index is 0.226. The largest absolute Gasteiger partial charge is 0.304 e. The van der Waals surface area contributed by atoms with Crippen molar-refractivity contribution in [3.8, 4) is 0 Å². The molecule has 1 fully saturated rings. The third-order valence-electron chi connectivity index (χ3n) is 1.45. The van der Waals surface area contributed by atoms with Gasteiger partial charge in [-0.2, -0.15) is 0 Å². The van der Waals surface area contributed by atoms with Gasteiger partial charge in [0, 0.05) is 18.8 Å². The molecule has 0 aromatic heterocycles. The standard InChI is InChI=1S/C6H11NOS/c1-7-2-3-9-6(4-7)5-8/h5-6H,2-4H2,1H3. The second-order valence-electron chi connectivity index (χ2n) is 2.31. The number of rotatable bonds is 1. The fourth-order valence-electron chi connectivity index (χ4n) is 0.893. The van der Waals surface area contributed by atoms with Crippen LogP contribution in [0.25, 0.3) is 0 Å². The summed E-state index contributed by atoms with van der Waals surface area (Å²) >= 11 is 1.76. The highest BCUT2D eigenvalue weighted by Gasteiger charge is 2.15. The van der Waals surface area contributed by atoms with Crippen molar-refractivity contribution in [2.24, 2.45) is 0 Å². The third-order valence-corrected chi connectivity index (χ3v) is 2.55. The minimum atomic E-state index is 0.226. The lowest BCUT2D eigenvalue weighted by atomic mass is 10.4. The lowest BCUT2D eigenvalue weighted by molar-refractivity contribution is -0.107. The molecule has 1 aliphatic heterocycles. The first-order chi connectivity index (χ1) is 4.33. The van der Waals surface area contributed by atoms with Crippen molar-refractivity contribution in [1.82, 2.24) is 4.90 Å². The van der Waals surface area contributed by atoms with Crippen molar-refractivity contribution in [2.45, 2.75) is 5.25 Å². The van der Waals surface area contributed by atoms with Crippen molar-refractivity contribution in [3.63, 3.8) is 0 Å². The molecule has 9 heavy (non-hydrogen) atoms. The van der Waals surface area contributed by atoms with Crippen molar-refractivity contribution in [2.75, 3.05) is 25.9 Å². The molecule has 3 heteroatoms. The predicted octanol–water partition coefficient (Wildman–Crippen LogP) is 0.232. The van der Waals surface area contributed by atoms with Gasteiger partial charge in [-0.25, -0.2) is 0 Å². The fourth-order valence-corrected chi connectivity index (χ4v) is 2.05. The van der Waals surface area contributed by atoms with Gasteiger partial charge >= 0.3 is 0 Å². The predicted molar refractivity (Wildman–Crippen MR) is 39.8 cm³/mol. The number of hydrogen-bond acceptors (Lipinski definition) is 3. The van der Waals surface area contributed by atoms with Gasteiger partial charge in [-0.3, -0.25) is 0 Å². The molecule has 0 saturated carbocycles. The van der Waals surface area contributed by atoms with Crippen LogP contribution in [-0.4, -0.2) is 42.3 Å². The maximum Gasteiger partial charge on any atom is 0.134 e. The normalized spacial score (nSPS) is 30.1. The van der Waals surface area contributed by atoms with Crippen LogP contribution >= 0.6 is 11.8 Å². The zero-order chi connectivity index (χ0) is 6.69. The number of carbonyl (C=O) groups is 1. The fraction of sp³-hybridized carbons (Fsp3) is 0.833. The Labute approximate surface area is 59.6 Å². The first-order valence-electron chi connectivity index (χ1n) is 3.08. The van der Waals surface area contributed by atoms with E-state index in [0.717, 1.165) is 25.1 Å². The van der Waals surface area contributed by atoms with Crippen molar-refractivity contribution < 1.29 is 4.79 Å². The molecule has 0 spiro atoms. The lowest BCUT2D eigenvalue weighted by Crippen LogP contribution is -2.35. The van der Waals surface area contributed by atoms with E-state index in [1.165, 1.54) is 0 Å². The average Bonchev–Trinajstić information content (AvgIpc) is 1.88. The Kier molecular flexibility index (Phi) is 2.54. The second kappa shape index (κ2) is 3.22. The maximum absolute atomic E-state index is 10.3. The molecule has 0 bridgehead atoms. The topological polar surface area (TPSA) is 20.3 Å². The van der Waals surface area contributed by atoms with Gasteiger partial charge in [0.15, 0.2) is 0 Å². The molecule has 0 amide bonds. The summed E-state index contributed by atoms with van der Waals surface area (Å²) in [6.07, 6.45) is 1.04. The Morgan fingerprint density at radius 1 is 1.78 bits per heavy atom. The van der Waals surface area contributed by atoms with Crippen molar-refractivity contribution in [1.29, 1.82) is 0 Å². The highest BCUT2D eigenvalue weighted by Crippen LogP contribution is 2.14. The molecule has 1 unspecified atom stereocenters. The number of hydrogen-bond donors (Lipinski definition) is 0. The van der Waals surface area contributed by atoms with E-state index in [9.17, 15) is 4.79 Å². The Morgan fingerprint density at radius 3 is 3.00 bits per heavy atom. The van der Waals surface area contributed by atoms with E-state index in [-0.39, 0.29) is 5.25 Å². The van der Waals surface area contributed by atoms with Crippen LogP contribution in [0, 0.1) is 0 Å². The van der Waals surface area contributed by atoms with Gasteiger partial charge in [0.25, 0.3) is 0 Å². The van der Waals surface area contributed by atoms with Crippen molar-refractivity contribution >= 4 is 18.0 Å². The smallest absolute Gasteiger partial charge is 0.134 e. The summed E-state index contributed by atoms with van der Waals surface area (Å²) < 4.78 is 0. The van der Waals surface area contributed by atoms with Crippen LogP contribution < -0.4 is 0 Å². The van der Waals surface area contributed by atoms with E-state index in [1.807, 2.05) is 0 Å². The molecule has 2 nitrogen and oxygen atoms in total. The summed E-state index contributed by atoms with van der Waals surface area (Å²) in [5.41, 5.74) is 0. The Balaban J connectivity index is 2.31. The molecule has 52 valence electrons. The van der Waals surface area contributed by atoms with Gasteiger partial charge in [0.05, 0.1) is 5.25 Å². The van der Waals surface area contributed by atoms with Gasteiger partial charge in [-0.05, 0) is 7.05 Å². The minimum Gasteiger partial charge on any atom is -0.304 e. The van der Waals surface area contributed by atoms with Crippen molar-refractivity contribution in [3.05, 3.63) is 0 Å². The van der Waals surface area contributed by atoms with Gasteiger partial charge in [-0.15, -0.1) is 11.8 Å². The summed E-state index contributed by atoms with van der Waals surface area (Å²) in [6.45, 7) is 2.04. The molecule has 0 aromatic carbocycles. The zero-order valence-electron chi connectivity index (χ0n) is 5.54. The monoisotopic (exact) mass is 145 g/mol. The number of thioether (sulfide) groups is 1. The Hall–Kier alpha value is -0.0200. The number of carbonyl (C=O) groups excluding carboxylic acids is 1. The lowest BCUT2D eigenvalue weighted by Gasteiger charge is -2.25. The molecule has 1 aliphatic rings. The van der Waals surface area contributed by atoms with Crippen LogP contribution in [0.3, 0.4) is 0 Å².